The fourth-order valence-electron chi connectivity index (χ4n) is 4.89. The number of hydrogen-bond donors (Lipinski definition) is 1. The molecule has 0 saturated carbocycles. The molecule has 2 aromatic carbocycles. The van der Waals surface area contributed by atoms with Gasteiger partial charge in [0.2, 0.25) is 11.8 Å². The van der Waals surface area contributed by atoms with Gasteiger partial charge in [-0.15, -0.1) is 0 Å². The Bertz CT molecular complexity index is 1340. The first-order chi connectivity index (χ1) is 18.4. The highest BCUT2D eigenvalue weighted by Crippen LogP contribution is 2.33. The highest BCUT2D eigenvalue weighted by atomic mass is 35.5. The molecule has 3 aromatic rings. The van der Waals surface area contributed by atoms with Gasteiger partial charge >= 0.3 is 0 Å². The monoisotopic (exact) mass is 535 g/mol. The first kappa shape index (κ1) is 26.0. The second-order valence-electron chi connectivity index (χ2n) is 9.41. The number of ether oxygens (including phenoxy) is 1. The van der Waals surface area contributed by atoms with Crippen LogP contribution in [0.4, 0.5) is 10.1 Å². The highest BCUT2D eigenvalue weighted by molar-refractivity contribution is 6.33. The van der Waals surface area contributed by atoms with Gasteiger partial charge in [-0.3, -0.25) is 24.5 Å². The molecule has 2 atom stereocenters. The number of anilines is 1. The van der Waals surface area contributed by atoms with Crippen LogP contribution in [0.1, 0.15) is 18.1 Å². The van der Waals surface area contributed by atoms with Gasteiger partial charge in [0.05, 0.1) is 42.2 Å². The van der Waals surface area contributed by atoms with E-state index in [1.54, 1.807) is 48.9 Å². The lowest BCUT2D eigenvalue weighted by atomic mass is 10.0. The highest BCUT2D eigenvalue weighted by Gasteiger charge is 2.39. The number of rotatable bonds is 6. The Hall–Kier alpha value is -3.66. The molecule has 5 rings (SSSR count). The number of carbonyl (C=O) groups excluding carboxylic acids is 2. The third kappa shape index (κ3) is 5.91. The van der Waals surface area contributed by atoms with E-state index < -0.39 is 0 Å². The minimum absolute atomic E-state index is 0.0404. The molecule has 0 spiro atoms. The van der Waals surface area contributed by atoms with E-state index in [2.05, 4.69) is 20.2 Å². The molecule has 2 unspecified atom stereocenters. The second kappa shape index (κ2) is 11.4. The Labute approximate surface area is 225 Å². The summed E-state index contributed by atoms with van der Waals surface area (Å²) in [6.45, 7) is 4.17. The summed E-state index contributed by atoms with van der Waals surface area (Å²) in [7, 11) is 0. The van der Waals surface area contributed by atoms with E-state index in [4.69, 9.17) is 16.3 Å². The summed E-state index contributed by atoms with van der Waals surface area (Å²) in [6.07, 6.45) is 7.94. The largest absolute Gasteiger partial charge is 0.378 e. The van der Waals surface area contributed by atoms with Crippen LogP contribution in [0.5, 0.6) is 0 Å². The van der Waals surface area contributed by atoms with Gasteiger partial charge in [-0.05, 0) is 41.5 Å². The van der Waals surface area contributed by atoms with Crippen LogP contribution in [0.2, 0.25) is 5.02 Å². The quantitative estimate of drug-likeness (QED) is 0.480. The Kier molecular flexibility index (Phi) is 7.78. The molecule has 1 aromatic heterocycles. The summed E-state index contributed by atoms with van der Waals surface area (Å²) >= 11 is 6.48. The van der Waals surface area contributed by atoms with Gasteiger partial charge < -0.3 is 15.0 Å². The second-order valence-corrected chi connectivity index (χ2v) is 9.82. The van der Waals surface area contributed by atoms with Crippen LogP contribution in [0.25, 0.3) is 17.3 Å². The smallest absolute Gasteiger partial charge is 0.246 e. The van der Waals surface area contributed by atoms with Crippen LogP contribution in [-0.4, -0.2) is 70.0 Å². The number of hydrogen-bond acceptors (Lipinski definition) is 6. The normalized spacial score (nSPS) is 19.5. The zero-order chi connectivity index (χ0) is 26.6. The molecule has 38 heavy (non-hydrogen) atoms. The molecular formula is C28H27ClFN5O3. The van der Waals surface area contributed by atoms with Gasteiger partial charge in [0.25, 0.3) is 0 Å². The summed E-state index contributed by atoms with van der Waals surface area (Å²) in [5.41, 5.74) is 3.36. The van der Waals surface area contributed by atoms with Crippen LogP contribution >= 0.6 is 11.6 Å². The minimum atomic E-state index is -0.259. The SMILES string of the molecule is CC(=O)Nc1cc(Cl)c(-c2cnccn2)cc1/C=C/C(=O)N1CC2COCC(C1)N2Cc1ccc(F)cc1. The third-order valence-corrected chi connectivity index (χ3v) is 7.02. The minimum Gasteiger partial charge on any atom is -0.378 e. The lowest BCUT2D eigenvalue weighted by Gasteiger charge is -2.49. The molecule has 196 valence electrons. The van der Waals surface area contributed by atoms with Crippen molar-refractivity contribution in [2.45, 2.75) is 25.6 Å². The van der Waals surface area contributed by atoms with E-state index in [0.717, 1.165) is 5.56 Å². The molecule has 2 bridgehead atoms. The molecule has 0 radical (unpaired) electrons. The van der Waals surface area contributed by atoms with Crippen molar-refractivity contribution in [3.05, 3.63) is 83.0 Å². The number of carbonyl (C=O) groups is 2. The van der Waals surface area contributed by atoms with Gasteiger partial charge in [0.15, 0.2) is 0 Å². The van der Waals surface area contributed by atoms with E-state index in [1.807, 2.05) is 4.90 Å². The lowest BCUT2D eigenvalue weighted by molar-refractivity contribution is -0.141. The summed E-state index contributed by atoms with van der Waals surface area (Å²) in [5.74, 6) is -0.641. The Morgan fingerprint density at radius 1 is 1.16 bits per heavy atom. The maximum Gasteiger partial charge on any atom is 0.246 e. The molecule has 2 saturated heterocycles. The first-order valence-corrected chi connectivity index (χ1v) is 12.7. The fourth-order valence-corrected chi connectivity index (χ4v) is 5.15. The molecule has 1 N–H and O–H groups in total. The Balaban J connectivity index is 1.34. The molecule has 2 aliphatic heterocycles. The van der Waals surface area contributed by atoms with Crippen molar-refractivity contribution in [3.63, 3.8) is 0 Å². The molecule has 0 aliphatic carbocycles. The maximum absolute atomic E-state index is 13.3. The number of amides is 2. The maximum atomic E-state index is 13.3. The van der Waals surface area contributed by atoms with Crippen LogP contribution in [0.3, 0.4) is 0 Å². The first-order valence-electron chi connectivity index (χ1n) is 12.3. The van der Waals surface area contributed by atoms with Crippen molar-refractivity contribution >= 4 is 35.2 Å². The lowest BCUT2D eigenvalue weighted by Crippen LogP contribution is -2.64. The number of halogens is 2. The van der Waals surface area contributed by atoms with Gasteiger partial charge in [0.1, 0.15) is 5.82 Å². The number of fused-ring (bicyclic) bond motifs is 2. The predicted octanol–water partition coefficient (Wildman–Crippen LogP) is 4.02. The average Bonchev–Trinajstić information content (AvgIpc) is 2.89. The van der Waals surface area contributed by atoms with E-state index in [9.17, 15) is 14.0 Å². The third-order valence-electron chi connectivity index (χ3n) is 6.71. The molecule has 3 heterocycles. The van der Waals surface area contributed by atoms with Crippen LogP contribution < -0.4 is 5.32 Å². The number of benzene rings is 2. The van der Waals surface area contributed by atoms with Crippen LogP contribution in [-0.2, 0) is 20.9 Å². The standard InChI is InChI=1S/C28H27ClFN5O3/c1-18(36)33-26-11-25(29)24(27-12-31-8-9-32-27)10-20(26)4-7-28(37)34-14-22-16-38-17-23(15-34)35(22)13-19-2-5-21(30)6-3-19/h2-12,22-23H,13-17H2,1H3,(H,33,36)/b7-4+. The van der Waals surface area contributed by atoms with Gasteiger partial charge in [-0.1, -0.05) is 23.7 Å². The number of nitrogens with zero attached hydrogens (tertiary/aromatic N) is 4. The number of morpholine rings is 1. The van der Waals surface area contributed by atoms with Crippen molar-refractivity contribution in [2.24, 2.45) is 0 Å². The van der Waals surface area contributed by atoms with Crippen molar-refractivity contribution in [1.29, 1.82) is 0 Å². The van der Waals surface area contributed by atoms with Crippen LogP contribution in [0, 0.1) is 5.82 Å². The van der Waals surface area contributed by atoms with Gasteiger partial charge in [-0.25, -0.2) is 4.39 Å². The average molecular weight is 536 g/mol. The summed E-state index contributed by atoms with van der Waals surface area (Å²) in [4.78, 5) is 37.6. The van der Waals surface area contributed by atoms with Crippen molar-refractivity contribution in [2.75, 3.05) is 31.6 Å². The van der Waals surface area contributed by atoms with Crippen molar-refractivity contribution < 1.29 is 18.7 Å². The van der Waals surface area contributed by atoms with E-state index in [0.29, 0.717) is 60.4 Å². The topological polar surface area (TPSA) is 87.7 Å². The number of aromatic nitrogens is 2. The zero-order valence-electron chi connectivity index (χ0n) is 20.8. The van der Waals surface area contributed by atoms with Gasteiger partial charge in [0, 0.05) is 56.3 Å². The molecule has 8 nitrogen and oxygen atoms in total. The molecule has 2 amide bonds. The zero-order valence-corrected chi connectivity index (χ0v) is 21.6. The number of nitrogens with one attached hydrogen (secondary N) is 1. The Morgan fingerprint density at radius 3 is 2.55 bits per heavy atom. The summed E-state index contributed by atoms with van der Waals surface area (Å²) in [6, 6.07) is 10.0. The fraction of sp³-hybridized carbons (Fsp3) is 0.286. The van der Waals surface area contributed by atoms with E-state index in [-0.39, 0.29) is 29.7 Å². The molecular weight excluding hydrogens is 509 g/mol. The molecule has 10 heteroatoms. The van der Waals surface area contributed by atoms with E-state index >= 15 is 0 Å². The molecule has 2 fully saturated rings. The Morgan fingerprint density at radius 2 is 1.89 bits per heavy atom. The van der Waals surface area contributed by atoms with Crippen molar-refractivity contribution in [3.8, 4) is 11.3 Å². The van der Waals surface area contributed by atoms with Crippen LogP contribution in [0.15, 0.2) is 61.1 Å². The summed E-state index contributed by atoms with van der Waals surface area (Å²) < 4.78 is 19.1. The molecule has 2 aliphatic rings. The summed E-state index contributed by atoms with van der Waals surface area (Å²) in [5, 5.41) is 3.18. The van der Waals surface area contributed by atoms with E-state index in [1.165, 1.54) is 25.1 Å². The number of piperazine rings is 1. The van der Waals surface area contributed by atoms with Crippen molar-refractivity contribution in [1.82, 2.24) is 19.8 Å². The van der Waals surface area contributed by atoms with Gasteiger partial charge in [-0.2, -0.15) is 0 Å². The predicted molar refractivity (Wildman–Crippen MR) is 143 cm³/mol.